The molecule has 0 saturated carbocycles. The normalized spacial score (nSPS) is 15.8. The van der Waals surface area contributed by atoms with Crippen LogP contribution in [0.1, 0.15) is 45.0 Å². The molecule has 1 aliphatic heterocycles. The number of halogens is 3. The summed E-state index contributed by atoms with van der Waals surface area (Å²) in [6.07, 6.45) is -0.354. The second-order valence-electron chi connectivity index (χ2n) is 8.08. The van der Waals surface area contributed by atoms with Crippen molar-refractivity contribution in [1.82, 2.24) is 4.98 Å². The SMILES string of the molecule is Cc1ccc(C(=O)Nc2cccc(C(F)(F)F)c2)cc1C1CCN(c2cncc(C#N)c2)C1. The molecule has 2 aromatic carbocycles. The Bertz CT molecular complexity index is 1230. The molecule has 1 aromatic heterocycles. The molecule has 168 valence electrons. The van der Waals surface area contributed by atoms with Crippen LogP contribution < -0.4 is 10.2 Å². The van der Waals surface area contributed by atoms with E-state index in [9.17, 15) is 18.0 Å². The van der Waals surface area contributed by atoms with E-state index in [4.69, 9.17) is 5.26 Å². The van der Waals surface area contributed by atoms with Crippen molar-refractivity contribution < 1.29 is 18.0 Å². The highest BCUT2D eigenvalue weighted by Crippen LogP contribution is 2.34. The number of benzene rings is 2. The maximum atomic E-state index is 13.0. The van der Waals surface area contributed by atoms with E-state index >= 15 is 0 Å². The lowest BCUT2D eigenvalue weighted by Crippen LogP contribution is -2.20. The van der Waals surface area contributed by atoms with Crippen molar-refractivity contribution in [2.24, 2.45) is 0 Å². The van der Waals surface area contributed by atoms with Gasteiger partial charge in [-0.05, 0) is 60.9 Å². The fraction of sp³-hybridized carbons (Fsp3) is 0.240. The summed E-state index contributed by atoms with van der Waals surface area (Å²) in [5.41, 5.74) is 3.12. The molecule has 1 saturated heterocycles. The number of aryl methyl sites for hydroxylation is 1. The van der Waals surface area contributed by atoms with Gasteiger partial charge < -0.3 is 10.2 Å². The van der Waals surface area contributed by atoms with Crippen LogP contribution >= 0.6 is 0 Å². The van der Waals surface area contributed by atoms with E-state index in [0.29, 0.717) is 11.1 Å². The predicted octanol–water partition coefficient (Wildman–Crippen LogP) is 5.53. The monoisotopic (exact) mass is 450 g/mol. The minimum atomic E-state index is -4.48. The van der Waals surface area contributed by atoms with Crippen LogP contribution in [0, 0.1) is 18.3 Å². The third-order valence-corrected chi connectivity index (χ3v) is 5.84. The molecular formula is C25H21F3N4O. The average Bonchev–Trinajstić information content (AvgIpc) is 3.29. The number of alkyl halides is 3. The summed E-state index contributed by atoms with van der Waals surface area (Å²) in [6, 6.07) is 13.8. The molecule has 2 heterocycles. The molecule has 0 radical (unpaired) electrons. The van der Waals surface area contributed by atoms with Crippen molar-refractivity contribution in [2.75, 3.05) is 23.3 Å². The van der Waals surface area contributed by atoms with Gasteiger partial charge in [-0.25, -0.2) is 0 Å². The van der Waals surface area contributed by atoms with Gasteiger partial charge in [-0.3, -0.25) is 9.78 Å². The number of nitrogens with one attached hydrogen (secondary N) is 1. The molecule has 1 N–H and O–H groups in total. The van der Waals surface area contributed by atoms with Crippen molar-refractivity contribution in [1.29, 1.82) is 5.26 Å². The first-order valence-electron chi connectivity index (χ1n) is 10.4. The summed E-state index contributed by atoms with van der Waals surface area (Å²) < 4.78 is 38.9. The van der Waals surface area contributed by atoms with Crippen LogP contribution in [0.5, 0.6) is 0 Å². The number of carbonyl (C=O) groups is 1. The van der Waals surface area contributed by atoms with E-state index in [1.807, 2.05) is 19.1 Å². The first-order valence-corrected chi connectivity index (χ1v) is 10.4. The van der Waals surface area contributed by atoms with Crippen molar-refractivity contribution in [3.8, 4) is 6.07 Å². The first-order chi connectivity index (χ1) is 15.7. The summed E-state index contributed by atoms with van der Waals surface area (Å²) in [5, 5.41) is 11.7. The van der Waals surface area contributed by atoms with Crippen molar-refractivity contribution in [3.63, 3.8) is 0 Å². The quantitative estimate of drug-likeness (QED) is 0.568. The summed E-state index contributed by atoms with van der Waals surface area (Å²) in [4.78, 5) is 19.1. The summed E-state index contributed by atoms with van der Waals surface area (Å²) in [5.74, 6) is -0.284. The van der Waals surface area contributed by atoms with Crippen LogP contribution in [0.4, 0.5) is 24.5 Å². The molecule has 5 nitrogen and oxygen atoms in total. The van der Waals surface area contributed by atoms with E-state index in [0.717, 1.165) is 48.5 Å². The Hall–Kier alpha value is -3.86. The zero-order valence-corrected chi connectivity index (χ0v) is 17.9. The molecule has 3 aromatic rings. The topological polar surface area (TPSA) is 69.0 Å². The van der Waals surface area contributed by atoms with E-state index < -0.39 is 17.6 Å². The lowest BCUT2D eigenvalue weighted by atomic mass is 9.92. The lowest BCUT2D eigenvalue weighted by Gasteiger charge is -2.19. The van der Waals surface area contributed by atoms with Gasteiger partial charge in [0.05, 0.1) is 23.0 Å². The predicted molar refractivity (Wildman–Crippen MR) is 119 cm³/mol. The fourth-order valence-electron chi connectivity index (χ4n) is 4.11. The van der Waals surface area contributed by atoms with Crippen molar-refractivity contribution >= 4 is 17.3 Å². The number of amides is 1. The van der Waals surface area contributed by atoms with Crippen LogP contribution in [0.2, 0.25) is 0 Å². The second-order valence-corrected chi connectivity index (χ2v) is 8.08. The fourth-order valence-corrected chi connectivity index (χ4v) is 4.11. The molecule has 1 atom stereocenters. The highest BCUT2D eigenvalue weighted by molar-refractivity contribution is 6.04. The Kier molecular flexibility index (Phi) is 6.05. The minimum absolute atomic E-state index is 0.0915. The van der Waals surface area contributed by atoms with Gasteiger partial charge >= 0.3 is 6.18 Å². The molecule has 1 aliphatic rings. The maximum absolute atomic E-state index is 13.0. The number of anilines is 2. The largest absolute Gasteiger partial charge is 0.416 e. The van der Waals surface area contributed by atoms with Crippen molar-refractivity contribution in [3.05, 3.63) is 88.7 Å². The number of carbonyl (C=O) groups excluding carboxylic acids is 1. The Balaban J connectivity index is 1.51. The lowest BCUT2D eigenvalue weighted by molar-refractivity contribution is -0.137. The number of aromatic nitrogens is 1. The zero-order chi connectivity index (χ0) is 23.6. The minimum Gasteiger partial charge on any atom is -0.370 e. The van der Waals surface area contributed by atoms with Crippen LogP contribution in [-0.2, 0) is 6.18 Å². The number of hydrogen-bond acceptors (Lipinski definition) is 4. The van der Waals surface area contributed by atoms with Crippen LogP contribution in [0.15, 0.2) is 60.9 Å². The molecule has 0 spiro atoms. The molecule has 4 rings (SSSR count). The number of pyridine rings is 1. The third kappa shape index (κ3) is 4.98. The van der Waals surface area contributed by atoms with Gasteiger partial charge in [-0.15, -0.1) is 0 Å². The molecule has 1 amide bonds. The summed E-state index contributed by atoms with van der Waals surface area (Å²) >= 11 is 0. The molecule has 33 heavy (non-hydrogen) atoms. The van der Waals surface area contributed by atoms with Gasteiger partial charge in [0.1, 0.15) is 6.07 Å². The smallest absolute Gasteiger partial charge is 0.370 e. The number of nitriles is 1. The summed E-state index contributed by atoms with van der Waals surface area (Å²) in [6.45, 7) is 3.49. The Morgan fingerprint density at radius 2 is 2.00 bits per heavy atom. The van der Waals surface area contributed by atoms with Gasteiger partial charge in [0.25, 0.3) is 5.91 Å². The highest BCUT2D eigenvalue weighted by atomic mass is 19.4. The second kappa shape index (κ2) is 8.94. The molecule has 1 unspecified atom stereocenters. The number of nitrogens with zero attached hydrogens (tertiary/aromatic N) is 3. The Morgan fingerprint density at radius 3 is 2.76 bits per heavy atom. The van der Waals surface area contributed by atoms with Crippen molar-refractivity contribution in [2.45, 2.75) is 25.4 Å². The highest BCUT2D eigenvalue weighted by Gasteiger charge is 2.30. The number of hydrogen-bond donors (Lipinski definition) is 1. The molecular weight excluding hydrogens is 429 g/mol. The van der Waals surface area contributed by atoms with Gasteiger partial charge in [-0.2, -0.15) is 18.4 Å². The van der Waals surface area contributed by atoms with Crippen LogP contribution in [-0.4, -0.2) is 24.0 Å². The van der Waals surface area contributed by atoms with E-state index in [2.05, 4.69) is 21.3 Å². The summed E-state index contributed by atoms with van der Waals surface area (Å²) in [7, 11) is 0. The zero-order valence-electron chi connectivity index (χ0n) is 17.9. The van der Waals surface area contributed by atoms with Crippen LogP contribution in [0.25, 0.3) is 0 Å². The van der Waals surface area contributed by atoms with Gasteiger partial charge in [0.2, 0.25) is 0 Å². The molecule has 0 bridgehead atoms. The Morgan fingerprint density at radius 1 is 1.18 bits per heavy atom. The third-order valence-electron chi connectivity index (χ3n) is 5.84. The van der Waals surface area contributed by atoms with Gasteiger partial charge in [-0.1, -0.05) is 12.1 Å². The van der Waals surface area contributed by atoms with Crippen LogP contribution in [0.3, 0.4) is 0 Å². The first kappa shape index (κ1) is 22.3. The molecule has 0 aliphatic carbocycles. The van der Waals surface area contributed by atoms with Gasteiger partial charge in [0, 0.05) is 36.5 Å². The average molecular weight is 450 g/mol. The van der Waals surface area contributed by atoms with E-state index in [1.54, 1.807) is 18.3 Å². The Labute approximate surface area is 189 Å². The standard InChI is InChI=1S/C25H21F3N4O/c1-16-5-6-18(24(33)31-21-4-2-3-20(11-21)25(26,27)28)10-23(16)19-7-8-32(15-19)22-9-17(12-29)13-30-14-22/h2-6,9-11,13-14,19H,7-8,15H2,1H3,(H,31,33). The maximum Gasteiger partial charge on any atom is 0.416 e. The number of rotatable bonds is 4. The molecule has 1 fully saturated rings. The van der Waals surface area contributed by atoms with E-state index in [1.165, 1.54) is 18.3 Å². The van der Waals surface area contributed by atoms with Gasteiger partial charge in [0.15, 0.2) is 0 Å². The van der Waals surface area contributed by atoms with E-state index in [-0.39, 0.29) is 11.6 Å². The molecule has 8 heteroatoms.